The van der Waals surface area contributed by atoms with Gasteiger partial charge < -0.3 is 10.4 Å². The van der Waals surface area contributed by atoms with Crippen LogP contribution in [0.1, 0.15) is 25.7 Å². The molecule has 3 atom stereocenters. The Kier molecular flexibility index (Phi) is 5.14. The molecule has 0 aromatic heterocycles. The van der Waals surface area contributed by atoms with E-state index in [-0.39, 0.29) is 28.8 Å². The topological polar surface area (TPSA) is 83.5 Å². The second-order valence-corrected chi connectivity index (χ2v) is 8.99. The molecule has 2 aliphatic rings. The zero-order valence-corrected chi connectivity index (χ0v) is 12.5. The number of carbonyl (C=O) groups is 1. The molecule has 1 aliphatic heterocycles. The summed E-state index contributed by atoms with van der Waals surface area (Å²) in [5.41, 5.74) is 0. The second-order valence-electron chi connectivity index (χ2n) is 5.47. The summed E-state index contributed by atoms with van der Waals surface area (Å²) in [6.07, 6.45) is 3.02. The molecule has 1 amide bonds. The highest BCUT2D eigenvalue weighted by Gasteiger charge is 2.28. The Bertz CT molecular complexity index is 423. The first-order valence-corrected chi connectivity index (χ1v) is 9.58. The molecule has 0 radical (unpaired) electrons. The van der Waals surface area contributed by atoms with E-state index in [1.54, 1.807) is 0 Å². The molecular formula is C12H21NO4S2. The zero-order chi connectivity index (χ0) is 13.9. The van der Waals surface area contributed by atoms with Crippen molar-refractivity contribution in [3.05, 3.63) is 0 Å². The van der Waals surface area contributed by atoms with Crippen molar-refractivity contribution in [2.24, 2.45) is 5.92 Å². The van der Waals surface area contributed by atoms with Gasteiger partial charge in [0.2, 0.25) is 5.91 Å². The van der Waals surface area contributed by atoms with Crippen molar-refractivity contribution in [1.29, 1.82) is 0 Å². The Morgan fingerprint density at radius 1 is 1.32 bits per heavy atom. The molecule has 7 heteroatoms. The van der Waals surface area contributed by atoms with Gasteiger partial charge in [0.25, 0.3) is 0 Å². The van der Waals surface area contributed by atoms with Crippen LogP contribution in [0.2, 0.25) is 0 Å². The van der Waals surface area contributed by atoms with Gasteiger partial charge in [-0.3, -0.25) is 4.79 Å². The lowest BCUT2D eigenvalue weighted by molar-refractivity contribution is -0.118. The van der Waals surface area contributed by atoms with Crippen LogP contribution in [-0.2, 0) is 14.6 Å². The lowest BCUT2D eigenvalue weighted by Gasteiger charge is -2.12. The van der Waals surface area contributed by atoms with Crippen LogP contribution in [-0.4, -0.2) is 54.6 Å². The number of thioether (sulfide) groups is 1. The highest BCUT2D eigenvalue weighted by Crippen LogP contribution is 2.25. The van der Waals surface area contributed by atoms with Gasteiger partial charge in [-0.05, 0) is 31.6 Å². The number of hydrogen-bond donors (Lipinski definition) is 2. The first kappa shape index (κ1) is 15.1. The van der Waals surface area contributed by atoms with Crippen LogP contribution >= 0.6 is 11.8 Å². The second kappa shape index (κ2) is 6.45. The quantitative estimate of drug-likeness (QED) is 0.757. The third-order valence-electron chi connectivity index (χ3n) is 3.74. The van der Waals surface area contributed by atoms with Gasteiger partial charge >= 0.3 is 0 Å². The van der Waals surface area contributed by atoms with Gasteiger partial charge in [0.15, 0.2) is 9.84 Å². The molecule has 2 rings (SSSR count). The minimum Gasteiger partial charge on any atom is -0.393 e. The first-order chi connectivity index (χ1) is 8.94. The fraction of sp³-hybridized carbons (Fsp3) is 0.917. The van der Waals surface area contributed by atoms with Crippen molar-refractivity contribution < 1.29 is 18.3 Å². The summed E-state index contributed by atoms with van der Waals surface area (Å²) < 4.78 is 22.6. The molecule has 1 aliphatic carbocycles. The van der Waals surface area contributed by atoms with Crippen LogP contribution in [0.3, 0.4) is 0 Å². The van der Waals surface area contributed by atoms with Gasteiger partial charge in [-0.1, -0.05) is 0 Å². The average Bonchev–Trinajstić information content (AvgIpc) is 2.90. The van der Waals surface area contributed by atoms with Crippen molar-refractivity contribution in [2.45, 2.75) is 37.0 Å². The van der Waals surface area contributed by atoms with Crippen LogP contribution in [0.15, 0.2) is 0 Å². The SMILES string of the molecule is O=C(CSC1CCS(=O)(=O)C1)NCC1CCC(O)C1. The first-order valence-electron chi connectivity index (χ1n) is 6.71. The van der Waals surface area contributed by atoms with E-state index in [1.807, 2.05) is 0 Å². The molecule has 3 unspecified atom stereocenters. The fourth-order valence-corrected chi connectivity index (χ4v) is 6.10. The van der Waals surface area contributed by atoms with Gasteiger partial charge in [-0.2, -0.15) is 0 Å². The number of nitrogens with one attached hydrogen (secondary N) is 1. The van der Waals surface area contributed by atoms with Gasteiger partial charge in [-0.15, -0.1) is 11.8 Å². The minimum atomic E-state index is -2.86. The Balaban J connectivity index is 1.60. The molecule has 0 aromatic carbocycles. The molecule has 1 saturated heterocycles. The maximum Gasteiger partial charge on any atom is 0.230 e. The summed E-state index contributed by atoms with van der Waals surface area (Å²) in [5, 5.41) is 12.3. The van der Waals surface area contributed by atoms with Crippen LogP contribution in [0, 0.1) is 5.92 Å². The normalized spacial score (nSPS) is 33.4. The Morgan fingerprint density at radius 2 is 2.11 bits per heavy atom. The standard InChI is InChI=1S/C12H21NO4S2/c14-10-2-1-9(5-10)6-13-12(15)7-18-11-3-4-19(16,17)8-11/h9-11,14H,1-8H2,(H,13,15). The van der Waals surface area contributed by atoms with Gasteiger partial charge in [0.1, 0.15) is 0 Å². The third kappa shape index (κ3) is 4.96. The molecule has 2 fully saturated rings. The summed E-state index contributed by atoms with van der Waals surface area (Å²) in [6.45, 7) is 0.624. The number of sulfone groups is 1. The number of amides is 1. The molecule has 0 spiro atoms. The molecule has 5 nitrogen and oxygen atoms in total. The van der Waals surface area contributed by atoms with E-state index in [1.165, 1.54) is 11.8 Å². The third-order valence-corrected chi connectivity index (χ3v) is 7.02. The lowest BCUT2D eigenvalue weighted by atomic mass is 10.1. The van der Waals surface area contributed by atoms with E-state index >= 15 is 0 Å². The number of hydrogen-bond acceptors (Lipinski definition) is 5. The van der Waals surface area contributed by atoms with E-state index in [9.17, 15) is 18.3 Å². The molecule has 1 heterocycles. The van der Waals surface area contributed by atoms with Gasteiger partial charge in [0, 0.05) is 11.8 Å². The predicted octanol–water partition coefficient (Wildman–Crippen LogP) is 0.184. The van der Waals surface area contributed by atoms with E-state index in [0.29, 0.717) is 24.6 Å². The molecule has 19 heavy (non-hydrogen) atoms. The number of rotatable bonds is 5. The van der Waals surface area contributed by atoms with Crippen molar-refractivity contribution in [3.63, 3.8) is 0 Å². The maximum atomic E-state index is 11.7. The van der Waals surface area contributed by atoms with Crippen LogP contribution in [0.5, 0.6) is 0 Å². The van der Waals surface area contributed by atoms with E-state index in [2.05, 4.69) is 5.32 Å². The molecule has 2 N–H and O–H groups in total. The molecular weight excluding hydrogens is 286 g/mol. The molecule has 110 valence electrons. The smallest absolute Gasteiger partial charge is 0.230 e. The zero-order valence-electron chi connectivity index (χ0n) is 10.9. The van der Waals surface area contributed by atoms with Gasteiger partial charge in [0.05, 0.1) is 23.4 Å². The van der Waals surface area contributed by atoms with E-state index in [4.69, 9.17) is 0 Å². The Morgan fingerprint density at radius 3 is 2.68 bits per heavy atom. The largest absolute Gasteiger partial charge is 0.393 e. The van der Waals surface area contributed by atoms with Crippen molar-refractivity contribution in [3.8, 4) is 0 Å². The van der Waals surface area contributed by atoms with Crippen LogP contribution in [0.25, 0.3) is 0 Å². The Hall–Kier alpha value is -0.270. The highest BCUT2D eigenvalue weighted by atomic mass is 32.2. The fourth-order valence-electron chi connectivity index (χ4n) is 2.63. The summed E-state index contributed by atoms with van der Waals surface area (Å²) in [5.74, 6) is 1.15. The summed E-state index contributed by atoms with van der Waals surface area (Å²) in [4.78, 5) is 11.7. The monoisotopic (exact) mass is 307 g/mol. The van der Waals surface area contributed by atoms with E-state index < -0.39 is 9.84 Å². The molecule has 0 aromatic rings. The lowest BCUT2D eigenvalue weighted by Crippen LogP contribution is -2.30. The molecule has 0 bridgehead atoms. The summed E-state index contributed by atoms with van der Waals surface area (Å²) in [7, 11) is -2.86. The minimum absolute atomic E-state index is 0.0318. The summed E-state index contributed by atoms with van der Waals surface area (Å²) in [6, 6.07) is 0. The number of aliphatic hydroxyl groups excluding tert-OH is 1. The van der Waals surface area contributed by atoms with Crippen molar-refractivity contribution in [1.82, 2.24) is 5.32 Å². The number of carbonyl (C=O) groups excluding carboxylic acids is 1. The maximum absolute atomic E-state index is 11.7. The summed E-state index contributed by atoms with van der Waals surface area (Å²) >= 11 is 1.44. The predicted molar refractivity (Wildman–Crippen MR) is 75.9 cm³/mol. The van der Waals surface area contributed by atoms with Crippen molar-refractivity contribution in [2.75, 3.05) is 23.8 Å². The van der Waals surface area contributed by atoms with Crippen LogP contribution < -0.4 is 5.32 Å². The number of aliphatic hydroxyl groups is 1. The average molecular weight is 307 g/mol. The molecule has 1 saturated carbocycles. The van der Waals surface area contributed by atoms with Crippen LogP contribution in [0.4, 0.5) is 0 Å². The van der Waals surface area contributed by atoms with Gasteiger partial charge in [-0.25, -0.2) is 8.42 Å². The van der Waals surface area contributed by atoms with E-state index in [0.717, 1.165) is 19.3 Å². The Labute approximate surface area is 118 Å². The van der Waals surface area contributed by atoms with Crippen molar-refractivity contribution >= 4 is 27.5 Å². The highest BCUT2D eigenvalue weighted by molar-refractivity contribution is 8.02.